The molecule has 0 radical (unpaired) electrons. The first kappa shape index (κ1) is 25.3. The number of hydrazone groups is 1. The number of ether oxygens (including phenoxy) is 1. The van der Waals surface area contributed by atoms with Crippen LogP contribution in [0.3, 0.4) is 0 Å². The van der Waals surface area contributed by atoms with Crippen molar-refractivity contribution in [2.75, 3.05) is 44.3 Å². The van der Waals surface area contributed by atoms with Gasteiger partial charge in [-0.2, -0.15) is 5.10 Å². The molecule has 1 saturated carbocycles. The molecule has 2 amide bonds. The Morgan fingerprint density at radius 2 is 1.80 bits per heavy atom. The van der Waals surface area contributed by atoms with Gasteiger partial charge in [0, 0.05) is 43.6 Å². The number of nitrogens with zero attached hydrogens (tertiary/aromatic N) is 3. The number of urea groups is 1. The summed E-state index contributed by atoms with van der Waals surface area (Å²) in [6, 6.07) is 8.91. The predicted molar refractivity (Wildman–Crippen MR) is 144 cm³/mol. The fourth-order valence-corrected chi connectivity index (χ4v) is 5.38. The van der Waals surface area contributed by atoms with E-state index in [-0.39, 0.29) is 12.1 Å². The highest BCUT2D eigenvalue weighted by molar-refractivity contribution is 5.85. The van der Waals surface area contributed by atoms with E-state index in [1.54, 1.807) is 0 Å². The molecular weight excluding hydrogens is 438 g/mol. The summed E-state index contributed by atoms with van der Waals surface area (Å²) in [6.07, 6.45) is 11.8. The summed E-state index contributed by atoms with van der Waals surface area (Å²) >= 11 is 0. The van der Waals surface area contributed by atoms with Crippen LogP contribution >= 0.6 is 0 Å². The molecule has 0 bridgehead atoms. The molecule has 7 heteroatoms. The van der Waals surface area contributed by atoms with E-state index in [0.29, 0.717) is 0 Å². The van der Waals surface area contributed by atoms with Gasteiger partial charge in [-0.3, -0.25) is 0 Å². The smallest absolute Gasteiger partial charge is 0.335 e. The molecule has 35 heavy (non-hydrogen) atoms. The van der Waals surface area contributed by atoms with Crippen molar-refractivity contribution in [3.63, 3.8) is 0 Å². The lowest BCUT2D eigenvalue weighted by molar-refractivity contribution is 0.0548. The summed E-state index contributed by atoms with van der Waals surface area (Å²) in [5.74, 6) is 0. The van der Waals surface area contributed by atoms with Gasteiger partial charge in [0.25, 0.3) is 0 Å². The lowest BCUT2D eigenvalue weighted by Gasteiger charge is -2.31. The molecule has 1 heterocycles. The molecule has 0 atom stereocenters. The first-order valence-electron chi connectivity index (χ1n) is 13.4. The van der Waals surface area contributed by atoms with Crippen LogP contribution in [0.5, 0.6) is 0 Å². The van der Waals surface area contributed by atoms with E-state index in [9.17, 15) is 4.79 Å². The zero-order chi connectivity index (χ0) is 24.5. The third-order valence-corrected chi connectivity index (χ3v) is 7.29. The van der Waals surface area contributed by atoms with Crippen molar-refractivity contribution in [2.45, 2.75) is 64.8 Å². The standard InChI is InChI=1S/C28H41N5O2/c1-3-32(4-2)26-14-10-22(11-15-26)20-23-12-13-24(27(23)33-16-18-35-19-17-33)21-29-31-28(34)30-25-8-6-5-7-9-25/h10-11,14-15,20-21,25H,3-9,12-13,16-19H2,1-2H3,(H2,30,31,34)/b23-20+,29-21-. The minimum Gasteiger partial charge on any atom is -0.378 e. The number of carbonyl (C=O) groups excluding carboxylic acids is 1. The molecule has 0 aromatic heterocycles. The molecule has 7 nitrogen and oxygen atoms in total. The fourth-order valence-electron chi connectivity index (χ4n) is 5.38. The van der Waals surface area contributed by atoms with Gasteiger partial charge in [-0.25, -0.2) is 10.2 Å². The Balaban J connectivity index is 1.48. The minimum atomic E-state index is -0.205. The van der Waals surface area contributed by atoms with Crippen molar-refractivity contribution >= 4 is 24.0 Å². The van der Waals surface area contributed by atoms with Gasteiger partial charge in [-0.1, -0.05) is 31.4 Å². The van der Waals surface area contributed by atoms with Crippen LogP contribution < -0.4 is 15.6 Å². The summed E-state index contributed by atoms with van der Waals surface area (Å²) in [5, 5.41) is 7.38. The van der Waals surface area contributed by atoms with Crippen LogP contribution in [0, 0.1) is 0 Å². The van der Waals surface area contributed by atoms with Crippen LogP contribution in [-0.4, -0.2) is 62.6 Å². The van der Waals surface area contributed by atoms with E-state index < -0.39 is 0 Å². The Hall–Kier alpha value is -2.80. The third kappa shape index (κ3) is 6.88. The maximum Gasteiger partial charge on any atom is 0.335 e. The van der Waals surface area contributed by atoms with Crippen LogP contribution in [0.4, 0.5) is 10.5 Å². The van der Waals surface area contributed by atoms with Gasteiger partial charge in [-0.05, 0) is 74.4 Å². The number of nitrogens with one attached hydrogen (secondary N) is 2. The fraction of sp³-hybridized carbons (Fsp3) is 0.571. The maximum atomic E-state index is 12.3. The van der Waals surface area contributed by atoms with Gasteiger partial charge in [0.15, 0.2) is 0 Å². The van der Waals surface area contributed by atoms with Gasteiger partial charge in [-0.15, -0.1) is 0 Å². The molecule has 0 unspecified atom stereocenters. The number of rotatable bonds is 8. The Morgan fingerprint density at radius 1 is 1.09 bits per heavy atom. The number of hydrogen-bond acceptors (Lipinski definition) is 5. The Bertz CT molecular complexity index is 921. The monoisotopic (exact) mass is 479 g/mol. The average Bonchev–Trinajstić information content (AvgIpc) is 3.29. The summed E-state index contributed by atoms with van der Waals surface area (Å²) in [6.45, 7) is 9.63. The predicted octanol–water partition coefficient (Wildman–Crippen LogP) is 4.91. The molecule has 2 fully saturated rings. The molecule has 1 saturated heterocycles. The first-order chi connectivity index (χ1) is 17.2. The second kappa shape index (κ2) is 12.8. The summed E-state index contributed by atoms with van der Waals surface area (Å²) in [4.78, 5) is 17.1. The van der Waals surface area contributed by atoms with E-state index in [1.165, 1.54) is 47.4 Å². The lowest BCUT2D eigenvalue weighted by Crippen LogP contribution is -2.41. The lowest BCUT2D eigenvalue weighted by atomic mass is 9.96. The molecule has 3 aliphatic rings. The van der Waals surface area contributed by atoms with Crippen LogP contribution in [-0.2, 0) is 4.74 Å². The number of amides is 2. The quantitative estimate of drug-likeness (QED) is 0.410. The molecular formula is C28H41N5O2. The van der Waals surface area contributed by atoms with E-state index in [4.69, 9.17) is 4.74 Å². The number of benzene rings is 1. The number of anilines is 1. The molecule has 190 valence electrons. The summed E-state index contributed by atoms with van der Waals surface area (Å²) in [5.41, 5.74) is 8.92. The van der Waals surface area contributed by atoms with Gasteiger partial charge in [0.1, 0.15) is 0 Å². The number of carbonyl (C=O) groups is 1. The molecule has 0 spiro atoms. The highest BCUT2D eigenvalue weighted by Gasteiger charge is 2.25. The molecule has 1 aromatic rings. The Labute approximate surface area is 210 Å². The van der Waals surface area contributed by atoms with Crippen molar-refractivity contribution in [1.29, 1.82) is 0 Å². The SMILES string of the molecule is CCN(CC)c1ccc(/C=C2\CCC(/C=N\NC(=O)NC3CCCCC3)=C2N2CCOCC2)cc1. The molecule has 2 N–H and O–H groups in total. The Morgan fingerprint density at radius 3 is 2.49 bits per heavy atom. The van der Waals surface area contributed by atoms with Crippen LogP contribution in [0.1, 0.15) is 64.4 Å². The Kier molecular flexibility index (Phi) is 9.23. The zero-order valence-corrected chi connectivity index (χ0v) is 21.4. The second-order valence-electron chi connectivity index (χ2n) is 9.59. The highest BCUT2D eigenvalue weighted by atomic mass is 16.5. The van der Waals surface area contributed by atoms with Crippen LogP contribution in [0.2, 0.25) is 0 Å². The van der Waals surface area contributed by atoms with E-state index in [1.807, 2.05) is 6.21 Å². The minimum absolute atomic E-state index is 0.205. The van der Waals surface area contributed by atoms with Crippen LogP contribution in [0.15, 0.2) is 46.2 Å². The van der Waals surface area contributed by atoms with E-state index in [0.717, 1.165) is 65.1 Å². The van der Waals surface area contributed by atoms with Crippen LogP contribution in [0.25, 0.3) is 6.08 Å². The van der Waals surface area contributed by atoms with E-state index >= 15 is 0 Å². The van der Waals surface area contributed by atoms with Gasteiger partial charge < -0.3 is 19.9 Å². The largest absolute Gasteiger partial charge is 0.378 e. The number of hydrogen-bond donors (Lipinski definition) is 2. The molecule has 2 aliphatic carbocycles. The highest BCUT2D eigenvalue weighted by Crippen LogP contribution is 2.35. The van der Waals surface area contributed by atoms with Crippen molar-refractivity contribution < 1.29 is 9.53 Å². The van der Waals surface area contributed by atoms with Crippen molar-refractivity contribution in [1.82, 2.24) is 15.6 Å². The van der Waals surface area contributed by atoms with Crippen molar-refractivity contribution in [3.8, 4) is 0 Å². The zero-order valence-electron chi connectivity index (χ0n) is 21.4. The number of morpholine rings is 1. The maximum absolute atomic E-state index is 12.3. The normalized spacial score (nSPS) is 20.6. The third-order valence-electron chi connectivity index (χ3n) is 7.29. The summed E-state index contributed by atoms with van der Waals surface area (Å²) < 4.78 is 5.60. The molecule has 1 aliphatic heterocycles. The second-order valence-corrected chi connectivity index (χ2v) is 9.59. The molecule has 1 aromatic carbocycles. The topological polar surface area (TPSA) is 69.2 Å². The van der Waals surface area contributed by atoms with Gasteiger partial charge in [0.05, 0.1) is 19.4 Å². The van der Waals surface area contributed by atoms with Gasteiger partial charge in [0.2, 0.25) is 0 Å². The van der Waals surface area contributed by atoms with Crippen molar-refractivity contribution in [2.24, 2.45) is 5.10 Å². The average molecular weight is 480 g/mol. The first-order valence-corrected chi connectivity index (χ1v) is 13.4. The van der Waals surface area contributed by atoms with E-state index in [2.05, 4.69) is 69.8 Å². The van der Waals surface area contributed by atoms with Gasteiger partial charge >= 0.3 is 6.03 Å². The summed E-state index contributed by atoms with van der Waals surface area (Å²) in [7, 11) is 0. The number of allylic oxidation sites excluding steroid dienone is 2. The molecule has 4 rings (SSSR count). The van der Waals surface area contributed by atoms with Crippen molar-refractivity contribution in [3.05, 3.63) is 46.7 Å².